The molecule has 0 heterocycles. The topological polar surface area (TPSA) is 72.8 Å². The van der Waals surface area contributed by atoms with Crippen molar-refractivity contribution in [1.82, 2.24) is 0 Å². The van der Waals surface area contributed by atoms with Crippen LogP contribution in [-0.2, 0) is 19.1 Å². The van der Waals surface area contributed by atoms with E-state index >= 15 is 0 Å². The Hall–Kier alpha value is -1.10. The van der Waals surface area contributed by atoms with E-state index in [-0.39, 0.29) is 25.2 Å². The van der Waals surface area contributed by atoms with E-state index in [1.54, 1.807) is 0 Å². The van der Waals surface area contributed by atoms with E-state index in [1.807, 2.05) is 0 Å². The molecule has 0 aliphatic rings. The second-order valence-electron chi connectivity index (χ2n) is 11.9. The average Bonchev–Trinajstić information content (AvgIpc) is 2.93. The maximum Gasteiger partial charge on any atom is 0.305 e. The molecule has 1 N–H and O–H groups in total. The zero-order chi connectivity index (χ0) is 28.8. The number of hydrogen-bond donors (Lipinski definition) is 1. The molecule has 5 heteroatoms. The van der Waals surface area contributed by atoms with Gasteiger partial charge in [-0.25, -0.2) is 0 Å². The SMILES string of the molecule is CCCCCCCCCCCCCC(=O)OC[C@@H](O)COC(=O)CCCCCCCCCCCCC(C)CC. The van der Waals surface area contributed by atoms with Gasteiger partial charge in [-0.05, 0) is 18.8 Å². The fourth-order valence-electron chi connectivity index (χ4n) is 4.88. The summed E-state index contributed by atoms with van der Waals surface area (Å²) in [5, 5.41) is 9.95. The second-order valence-corrected chi connectivity index (χ2v) is 11.9. The molecule has 0 saturated carbocycles. The van der Waals surface area contributed by atoms with Crippen molar-refractivity contribution in [3.8, 4) is 0 Å². The van der Waals surface area contributed by atoms with Crippen molar-refractivity contribution in [3.05, 3.63) is 0 Å². The first kappa shape index (κ1) is 37.9. The van der Waals surface area contributed by atoms with Gasteiger partial charge in [0.25, 0.3) is 0 Å². The largest absolute Gasteiger partial charge is 0.463 e. The lowest BCUT2D eigenvalue weighted by Crippen LogP contribution is -2.25. The number of rotatable bonds is 30. The first-order chi connectivity index (χ1) is 19.0. The van der Waals surface area contributed by atoms with Crippen LogP contribution in [0, 0.1) is 5.92 Å². The van der Waals surface area contributed by atoms with E-state index in [2.05, 4.69) is 20.8 Å². The Kier molecular flexibility index (Phi) is 29.0. The van der Waals surface area contributed by atoms with Crippen molar-refractivity contribution in [3.63, 3.8) is 0 Å². The average molecular weight is 555 g/mol. The Bertz CT molecular complexity index is 536. The number of carbonyl (C=O) groups is 2. The monoisotopic (exact) mass is 554 g/mol. The maximum atomic E-state index is 11.9. The smallest absolute Gasteiger partial charge is 0.305 e. The lowest BCUT2D eigenvalue weighted by molar-refractivity contribution is -0.152. The molecule has 0 aromatic rings. The molecule has 39 heavy (non-hydrogen) atoms. The summed E-state index contributed by atoms with van der Waals surface area (Å²) in [5.41, 5.74) is 0. The van der Waals surface area contributed by atoms with Gasteiger partial charge >= 0.3 is 11.9 Å². The van der Waals surface area contributed by atoms with Gasteiger partial charge in [-0.3, -0.25) is 9.59 Å². The van der Waals surface area contributed by atoms with Crippen molar-refractivity contribution in [2.24, 2.45) is 5.92 Å². The van der Waals surface area contributed by atoms with E-state index < -0.39 is 6.10 Å². The van der Waals surface area contributed by atoms with Gasteiger partial charge in [0.15, 0.2) is 0 Å². The molecule has 0 fully saturated rings. The van der Waals surface area contributed by atoms with Gasteiger partial charge in [0.05, 0.1) is 0 Å². The highest BCUT2D eigenvalue weighted by atomic mass is 16.6. The predicted octanol–water partition coefficient (Wildman–Crippen LogP) is 9.86. The quantitative estimate of drug-likeness (QED) is 0.0706. The van der Waals surface area contributed by atoms with Crippen LogP contribution in [0.2, 0.25) is 0 Å². The van der Waals surface area contributed by atoms with Gasteiger partial charge in [0.2, 0.25) is 0 Å². The number of unbranched alkanes of at least 4 members (excludes halogenated alkanes) is 19. The fraction of sp³-hybridized carbons (Fsp3) is 0.941. The van der Waals surface area contributed by atoms with Crippen molar-refractivity contribution < 1.29 is 24.2 Å². The van der Waals surface area contributed by atoms with Gasteiger partial charge in [-0.15, -0.1) is 0 Å². The second kappa shape index (κ2) is 29.9. The third-order valence-corrected chi connectivity index (χ3v) is 7.88. The fourth-order valence-corrected chi connectivity index (χ4v) is 4.88. The summed E-state index contributed by atoms with van der Waals surface area (Å²) in [5.74, 6) is 0.322. The summed E-state index contributed by atoms with van der Waals surface area (Å²) in [7, 11) is 0. The van der Waals surface area contributed by atoms with Gasteiger partial charge in [-0.1, -0.05) is 156 Å². The molecule has 0 aromatic carbocycles. The van der Waals surface area contributed by atoms with E-state index in [0.717, 1.165) is 31.6 Å². The first-order valence-electron chi connectivity index (χ1n) is 17.0. The third-order valence-electron chi connectivity index (χ3n) is 7.88. The molecular formula is C34H66O5. The molecule has 0 rings (SSSR count). The van der Waals surface area contributed by atoms with Crippen LogP contribution in [0.25, 0.3) is 0 Å². The summed E-state index contributed by atoms with van der Waals surface area (Å²) in [6.07, 6.45) is 28.5. The molecule has 0 bridgehead atoms. The summed E-state index contributed by atoms with van der Waals surface area (Å²) in [4.78, 5) is 23.8. The zero-order valence-electron chi connectivity index (χ0n) is 26.3. The third kappa shape index (κ3) is 29.7. The van der Waals surface area contributed by atoms with Crippen LogP contribution < -0.4 is 0 Å². The van der Waals surface area contributed by atoms with Crippen molar-refractivity contribution >= 4 is 11.9 Å². The normalized spacial score (nSPS) is 12.8. The molecule has 232 valence electrons. The lowest BCUT2D eigenvalue weighted by Gasteiger charge is -2.12. The summed E-state index contributed by atoms with van der Waals surface area (Å²) >= 11 is 0. The molecule has 2 atom stereocenters. The van der Waals surface area contributed by atoms with Gasteiger partial charge in [-0.2, -0.15) is 0 Å². The molecule has 5 nitrogen and oxygen atoms in total. The highest BCUT2D eigenvalue weighted by molar-refractivity contribution is 5.69. The van der Waals surface area contributed by atoms with Crippen LogP contribution in [0.15, 0.2) is 0 Å². The van der Waals surface area contributed by atoms with Crippen LogP contribution in [0.5, 0.6) is 0 Å². The summed E-state index contributed by atoms with van der Waals surface area (Å²) in [6, 6.07) is 0. The Morgan fingerprint density at radius 3 is 1.23 bits per heavy atom. The number of hydrogen-bond acceptors (Lipinski definition) is 5. The minimum absolute atomic E-state index is 0.109. The number of ether oxygens (including phenoxy) is 2. The van der Waals surface area contributed by atoms with Crippen LogP contribution in [0.1, 0.15) is 181 Å². The zero-order valence-corrected chi connectivity index (χ0v) is 26.3. The Morgan fingerprint density at radius 2 is 0.872 bits per heavy atom. The van der Waals surface area contributed by atoms with Crippen molar-refractivity contribution in [2.75, 3.05) is 13.2 Å². The molecule has 0 saturated heterocycles. The molecule has 0 spiro atoms. The van der Waals surface area contributed by atoms with Crippen molar-refractivity contribution in [1.29, 1.82) is 0 Å². The molecule has 0 aromatic heterocycles. The highest BCUT2D eigenvalue weighted by Crippen LogP contribution is 2.16. The molecule has 0 aliphatic carbocycles. The van der Waals surface area contributed by atoms with Crippen LogP contribution in [0.4, 0.5) is 0 Å². The van der Waals surface area contributed by atoms with Crippen LogP contribution >= 0.6 is 0 Å². The molecular weight excluding hydrogens is 488 g/mol. The molecule has 0 radical (unpaired) electrons. The van der Waals surface area contributed by atoms with E-state index in [4.69, 9.17) is 9.47 Å². The molecule has 0 aliphatic heterocycles. The Morgan fingerprint density at radius 1 is 0.538 bits per heavy atom. The number of esters is 2. The summed E-state index contributed by atoms with van der Waals surface area (Å²) in [6.45, 7) is 6.66. The van der Waals surface area contributed by atoms with Crippen LogP contribution in [0.3, 0.4) is 0 Å². The standard InChI is InChI=1S/C34H66O5/c1-4-6-7-8-9-10-11-15-18-21-24-27-33(36)38-29-32(35)30-39-34(37)28-25-22-19-16-13-12-14-17-20-23-26-31(3)5-2/h31-32,35H,4-30H2,1-3H3/t31?,32-/m1/s1. The Labute approximate surface area is 242 Å². The maximum absolute atomic E-state index is 11.9. The number of aliphatic hydroxyl groups excluding tert-OH is 1. The number of aliphatic hydroxyl groups is 1. The van der Waals surface area contributed by atoms with Gasteiger partial charge in [0.1, 0.15) is 19.3 Å². The minimum atomic E-state index is -0.953. The highest BCUT2D eigenvalue weighted by Gasteiger charge is 2.12. The minimum Gasteiger partial charge on any atom is -0.463 e. The first-order valence-corrected chi connectivity index (χ1v) is 17.0. The molecule has 0 amide bonds. The van der Waals surface area contributed by atoms with Gasteiger partial charge in [0, 0.05) is 12.8 Å². The molecule has 1 unspecified atom stereocenters. The van der Waals surface area contributed by atoms with E-state index in [1.165, 1.54) is 122 Å². The van der Waals surface area contributed by atoms with E-state index in [9.17, 15) is 14.7 Å². The lowest BCUT2D eigenvalue weighted by atomic mass is 9.99. The van der Waals surface area contributed by atoms with Crippen LogP contribution in [-0.4, -0.2) is 36.4 Å². The predicted molar refractivity (Wildman–Crippen MR) is 164 cm³/mol. The van der Waals surface area contributed by atoms with E-state index in [0.29, 0.717) is 12.8 Å². The summed E-state index contributed by atoms with van der Waals surface area (Å²) < 4.78 is 10.3. The van der Waals surface area contributed by atoms with Crippen molar-refractivity contribution in [2.45, 2.75) is 187 Å². The number of carbonyl (C=O) groups excluding carboxylic acids is 2. The van der Waals surface area contributed by atoms with Gasteiger partial charge < -0.3 is 14.6 Å². The Balaban J connectivity index is 3.42.